The van der Waals surface area contributed by atoms with Gasteiger partial charge in [0.15, 0.2) is 0 Å². The van der Waals surface area contributed by atoms with Crippen molar-refractivity contribution in [2.45, 2.75) is 27.2 Å². The standard InChI is InChI=1S/C16H20N2O3/c1-9(6-15(19)20)8-17-16(21)14-7-12-11(3)10(2)4-5-13(12)18-14/h4-5,7,9,18H,6,8H2,1-3H3,(H,17,21)(H,19,20). The summed E-state index contributed by atoms with van der Waals surface area (Å²) in [5.41, 5.74) is 3.77. The average Bonchev–Trinajstić information content (AvgIpc) is 2.84. The molecule has 0 aliphatic rings. The molecule has 0 aliphatic heterocycles. The van der Waals surface area contributed by atoms with E-state index in [1.807, 2.05) is 32.0 Å². The third kappa shape index (κ3) is 3.42. The zero-order valence-corrected chi connectivity index (χ0v) is 12.5. The second-order valence-corrected chi connectivity index (χ2v) is 5.56. The zero-order chi connectivity index (χ0) is 15.6. The number of carbonyl (C=O) groups is 2. The van der Waals surface area contributed by atoms with E-state index in [1.54, 1.807) is 6.92 Å². The predicted octanol–water partition coefficient (Wildman–Crippen LogP) is 2.63. The van der Waals surface area contributed by atoms with Crippen LogP contribution in [0, 0.1) is 19.8 Å². The molecular formula is C16H20N2O3. The van der Waals surface area contributed by atoms with E-state index in [2.05, 4.69) is 10.3 Å². The quantitative estimate of drug-likeness (QED) is 0.791. The Kier molecular flexibility index (Phi) is 4.31. The smallest absolute Gasteiger partial charge is 0.303 e. The molecule has 1 unspecified atom stereocenters. The molecule has 1 amide bonds. The molecule has 3 N–H and O–H groups in total. The summed E-state index contributed by atoms with van der Waals surface area (Å²) in [5, 5.41) is 12.5. The van der Waals surface area contributed by atoms with Crippen molar-refractivity contribution in [1.29, 1.82) is 0 Å². The first-order valence-electron chi connectivity index (χ1n) is 6.97. The van der Waals surface area contributed by atoms with Crippen molar-refractivity contribution in [1.82, 2.24) is 10.3 Å². The number of aromatic amines is 1. The van der Waals surface area contributed by atoms with E-state index in [0.29, 0.717) is 12.2 Å². The Bertz CT molecular complexity index is 688. The molecule has 0 aliphatic carbocycles. The molecular weight excluding hydrogens is 268 g/mol. The summed E-state index contributed by atoms with van der Waals surface area (Å²) < 4.78 is 0. The van der Waals surface area contributed by atoms with Crippen LogP contribution in [-0.2, 0) is 4.79 Å². The fraction of sp³-hybridized carbons (Fsp3) is 0.375. The predicted molar refractivity (Wildman–Crippen MR) is 81.5 cm³/mol. The third-order valence-electron chi connectivity index (χ3n) is 3.72. The minimum absolute atomic E-state index is 0.0469. The van der Waals surface area contributed by atoms with Crippen LogP contribution >= 0.6 is 0 Å². The highest BCUT2D eigenvalue weighted by atomic mass is 16.4. The number of H-pyrrole nitrogens is 1. The molecule has 1 aromatic carbocycles. The highest BCUT2D eigenvalue weighted by molar-refractivity contribution is 5.99. The highest BCUT2D eigenvalue weighted by Crippen LogP contribution is 2.22. The van der Waals surface area contributed by atoms with Crippen LogP contribution in [0.4, 0.5) is 0 Å². The highest BCUT2D eigenvalue weighted by Gasteiger charge is 2.13. The summed E-state index contributed by atoms with van der Waals surface area (Å²) in [6, 6.07) is 5.82. The molecule has 0 bridgehead atoms. The van der Waals surface area contributed by atoms with Crippen molar-refractivity contribution in [2.24, 2.45) is 5.92 Å². The Balaban J connectivity index is 2.10. The average molecular weight is 288 g/mol. The molecule has 112 valence electrons. The molecule has 2 rings (SSSR count). The van der Waals surface area contributed by atoms with E-state index in [0.717, 1.165) is 16.5 Å². The number of hydrogen-bond donors (Lipinski definition) is 3. The topological polar surface area (TPSA) is 82.2 Å². The summed E-state index contributed by atoms with van der Waals surface area (Å²) in [4.78, 5) is 25.8. The summed E-state index contributed by atoms with van der Waals surface area (Å²) in [5.74, 6) is -1.16. The van der Waals surface area contributed by atoms with Crippen LogP contribution < -0.4 is 5.32 Å². The molecule has 0 spiro atoms. The summed E-state index contributed by atoms with van der Waals surface area (Å²) in [6.07, 6.45) is 0.0469. The number of nitrogens with one attached hydrogen (secondary N) is 2. The van der Waals surface area contributed by atoms with Crippen molar-refractivity contribution < 1.29 is 14.7 Å². The normalized spacial score (nSPS) is 12.3. The molecule has 1 atom stereocenters. The Morgan fingerprint density at radius 1 is 1.33 bits per heavy atom. The fourth-order valence-corrected chi connectivity index (χ4v) is 2.31. The van der Waals surface area contributed by atoms with Gasteiger partial charge in [-0.2, -0.15) is 0 Å². The SMILES string of the molecule is Cc1ccc2[nH]c(C(=O)NCC(C)CC(=O)O)cc2c1C. The van der Waals surface area contributed by atoms with Crippen LogP contribution in [0.5, 0.6) is 0 Å². The lowest BCUT2D eigenvalue weighted by Gasteiger charge is -2.09. The summed E-state index contributed by atoms with van der Waals surface area (Å²) in [6.45, 7) is 6.21. The Hall–Kier alpha value is -2.30. The molecule has 5 nitrogen and oxygen atoms in total. The summed E-state index contributed by atoms with van der Waals surface area (Å²) in [7, 11) is 0. The van der Waals surface area contributed by atoms with Crippen LogP contribution in [0.1, 0.15) is 35.0 Å². The van der Waals surface area contributed by atoms with Crippen molar-refractivity contribution in [3.8, 4) is 0 Å². The van der Waals surface area contributed by atoms with Crippen molar-refractivity contribution >= 4 is 22.8 Å². The van der Waals surface area contributed by atoms with Crippen LogP contribution in [0.15, 0.2) is 18.2 Å². The van der Waals surface area contributed by atoms with Gasteiger partial charge < -0.3 is 15.4 Å². The molecule has 0 saturated carbocycles. The molecule has 0 fully saturated rings. The first kappa shape index (κ1) is 15.1. The molecule has 2 aromatic rings. The van der Waals surface area contributed by atoms with Gasteiger partial charge in [-0.15, -0.1) is 0 Å². The van der Waals surface area contributed by atoms with Gasteiger partial charge in [-0.3, -0.25) is 9.59 Å². The minimum Gasteiger partial charge on any atom is -0.481 e. The summed E-state index contributed by atoms with van der Waals surface area (Å²) >= 11 is 0. The molecule has 5 heteroatoms. The van der Waals surface area contributed by atoms with Crippen LogP contribution in [0.25, 0.3) is 10.9 Å². The molecule has 0 saturated heterocycles. The maximum atomic E-state index is 12.1. The number of benzene rings is 1. The van der Waals surface area contributed by atoms with Gasteiger partial charge >= 0.3 is 5.97 Å². The number of amides is 1. The largest absolute Gasteiger partial charge is 0.481 e. The van der Waals surface area contributed by atoms with Crippen molar-refractivity contribution in [2.75, 3.05) is 6.54 Å². The maximum Gasteiger partial charge on any atom is 0.303 e. The van der Waals surface area contributed by atoms with Gasteiger partial charge in [0.05, 0.1) is 0 Å². The molecule has 1 aromatic heterocycles. The van der Waals surface area contributed by atoms with Gasteiger partial charge in [-0.05, 0) is 43.0 Å². The van der Waals surface area contributed by atoms with Crippen LogP contribution in [0.2, 0.25) is 0 Å². The van der Waals surface area contributed by atoms with Crippen molar-refractivity contribution in [3.05, 3.63) is 35.0 Å². The maximum absolute atomic E-state index is 12.1. The van der Waals surface area contributed by atoms with E-state index in [1.165, 1.54) is 5.56 Å². The van der Waals surface area contributed by atoms with Crippen LogP contribution in [-0.4, -0.2) is 28.5 Å². The number of aryl methyl sites for hydroxylation is 2. The second kappa shape index (κ2) is 5.99. The van der Waals surface area contributed by atoms with Crippen molar-refractivity contribution in [3.63, 3.8) is 0 Å². The van der Waals surface area contributed by atoms with E-state index >= 15 is 0 Å². The monoisotopic (exact) mass is 288 g/mol. The fourth-order valence-electron chi connectivity index (χ4n) is 2.31. The Labute approximate surface area is 123 Å². The lowest BCUT2D eigenvalue weighted by atomic mass is 10.1. The zero-order valence-electron chi connectivity index (χ0n) is 12.5. The van der Waals surface area contributed by atoms with E-state index in [4.69, 9.17) is 5.11 Å². The Morgan fingerprint density at radius 2 is 2.05 bits per heavy atom. The number of aliphatic carboxylic acids is 1. The minimum atomic E-state index is -0.853. The van der Waals surface area contributed by atoms with E-state index in [9.17, 15) is 9.59 Å². The number of fused-ring (bicyclic) bond motifs is 1. The molecule has 21 heavy (non-hydrogen) atoms. The number of hydrogen-bond acceptors (Lipinski definition) is 2. The number of carboxylic acid groups (broad SMARTS) is 1. The van der Waals surface area contributed by atoms with Gasteiger partial charge in [0.2, 0.25) is 0 Å². The van der Waals surface area contributed by atoms with Crippen LogP contribution in [0.3, 0.4) is 0 Å². The third-order valence-corrected chi connectivity index (χ3v) is 3.72. The number of aromatic nitrogens is 1. The Morgan fingerprint density at radius 3 is 2.71 bits per heavy atom. The number of carbonyl (C=O) groups excluding carboxylic acids is 1. The first-order chi connectivity index (χ1) is 9.88. The number of rotatable bonds is 5. The van der Waals surface area contributed by atoms with Gasteiger partial charge in [-0.1, -0.05) is 13.0 Å². The van der Waals surface area contributed by atoms with Gasteiger partial charge in [0.25, 0.3) is 5.91 Å². The lowest BCUT2D eigenvalue weighted by Crippen LogP contribution is -2.29. The first-order valence-corrected chi connectivity index (χ1v) is 6.97. The van der Waals surface area contributed by atoms with Gasteiger partial charge in [0.1, 0.15) is 5.69 Å². The lowest BCUT2D eigenvalue weighted by molar-refractivity contribution is -0.137. The van der Waals surface area contributed by atoms with Gasteiger partial charge in [-0.25, -0.2) is 0 Å². The van der Waals surface area contributed by atoms with Gasteiger partial charge in [0, 0.05) is 23.9 Å². The number of carboxylic acids is 1. The molecule has 1 heterocycles. The molecule has 0 radical (unpaired) electrons. The van der Waals surface area contributed by atoms with E-state index < -0.39 is 5.97 Å². The van der Waals surface area contributed by atoms with E-state index in [-0.39, 0.29) is 18.2 Å². The second-order valence-electron chi connectivity index (χ2n) is 5.56.